The number of rotatable bonds is 6. The van der Waals surface area contributed by atoms with Gasteiger partial charge >= 0.3 is 5.69 Å². The van der Waals surface area contributed by atoms with E-state index in [4.69, 9.17) is 11.6 Å². The SMILES string of the molecule is CCn1c2c(c(=O)n(Cc3ccc(Cl)cc3)c1=O)CCC(C(C)Cc1cccc(C#N)c1)C2. The van der Waals surface area contributed by atoms with Crippen molar-refractivity contribution >= 4 is 11.6 Å². The van der Waals surface area contributed by atoms with Crippen molar-refractivity contribution in [1.82, 2.24) is 9.13 Å². The quantitative estimate of drug-likeness (QED) is 0.539. The predicted octanol–water partition coefficient (Wildman–Crippen LogP) is 4.59. The minimum Gasteiger partial charge on any atom is -0.298 e. The molecule has 0 aliphatic heterocycles. The van der Waals surface area contributed by atoms with Gasteiger partial charge in [-0.3, -0.25) is 13.9 Å². The van der Waals surface area contributed by atoms with Crippen molar-refractivity contribution in [3.8, 4) is 6.07 Å². The zero-order valence-electron chi connectivity index (χ0n) is 19.1. The molecule has 0 fully saturated rings. The van der Waals surface area contributed by atoms with E-state index in [9.17, 15) is 14.9 Å². The first-order valence-corrected chi connectivity index (χ1v) is 11.9. The van der Waals surface area contributed by atoms with Gasteiger partial charge in [0.05, 0.1) is 18.2 Å². The Morgan fingerprint density at radius 1 is 1.12 bits per heavy atom. The molecule has 0 spiro atoms. The van der Waals surface area contributed by atoms with Crippen LogP contribution in [0.4, 0.5) is 0 Å². The van der Waals surface area contributed by atoms with E-state index in [-0.39, 0.29) is 17.8 Å². The lowest BCUT2D eigenvalue weighted by Crippen LogP contribution is -2.45. The average Bonchev–Trinajstić information content (AvgIpc) is 2.83. The van der Waals surface area contributed by atoms with Crippen LogP contribution in [0.1, 0.15) is 48.2 Å². The van der Waals surface area contributed by atoms with Gasteiger partial charge in [-0.05, 0) is 79.8 Å². The Morgan fingerprint density at radius 2 is 1.88 bits per heavy atom. The second-order valence-corrected chi connectivity index (χ2v) is 9.40. The van der Waals surface area contributed by atoms with Crippen LogP contribution in [0.5, 0.6) is 0 Å². The van der Waals surface area contributed by atoms with Crippen LogP contribution in [-0.2, 0) is 32.4 Å². The molecule has 0 saturated heterocycles. The summed E-state index contributed by atoms with van der Waals surface area (Å²) in [5.41, 5.74) is 3.97. The number of benzene rings is 2. The van der Waals surface area contributed by atoms with Gasteiger partial charge in [0.2, 0.25) is 0 Å². The minimum atomic E-state index is -0.244. The summed E-state index contributed by atoms with van der Waals surface area (Å²) in [5, 5.41) is 9.80. The van der Waals surface area contributed by atoms with Gasteiger partial charge in [-0.2, -0.15) is 5.26 Å². The molecular formula is C27H28ClN3O2. The van der Waals surface area contributed by atoms with Gasteiger partial charge in [0.25, 0.3) is 5.56 Å². The third-order valence-corrected chi connectivity index (χ3v) is 7.10. The van der Waals surface area contributed by atoms with Crippen molar-refractivity contribution in [2.24, 2.45) is 11.8 Å². The number of halogens is 1. The third-order valence-electron chi connectivity index (χ3n) is 6.85. The summed E-state index contributed by atoms with van der Waals surface area (Å²) in [6.45, 7) is 4.97. The molecule has 5 nitrogen and oxygen atoms in total. The molecule has 0 N–H and O–H groups in total. The van der Waals surface area contributed by atoms with Gasteiger partial charge in [0, 0.05) is 22.8 Å². The Bertz CT molecular complexity index is 1280. The molecule has 2 atom stereocenters. The molecule has 2 unspecified atom stereocenters. The normalized spacial score (nSPS) is 16.1. The summed E-state index contributed by atoms with van der Waals surface area (Å²) in [5.74, 6) is 0.760. The topological polar surface area (TPSA) is 67.8 Å². The van der Waals surface area contributed by atoms with E-state index in [0.29, 0.717) is 35.4 Å². The Balaban J connectivity index is 1.62. The van der Waals surface area contributed by atoms with Gasteiger partial charge in [-0.25, -0.2) is 4.79 Å². The monoisotopic (exact) mass is 461 g/mol. The fourth-order valence-electron chi connectivity index (χ4n) is 4.99. The molecule has 0 radical (unpaired) electrons. The van der Waals surface area contributed by atoms with Crippen LogP contribution in [0.3, 0.4) is 0 Å². The van der Waals surface area contributed by atoms with Crippen LogP contribution in [0.15, 0.2) is 58.1 Å². The van der Waals surface area contributed by atoms with E-state index in [1.807, 2.05) is 37.3 Å². The number of nitrogens with zero attached hydrogens (tertiary/aromatic N) is 3. The summed E-state index contributed by atoms with van der Waals surface area (Å²) in [4.78, 5) is 26.6. The fraction of sp³-hybridized carbons (Fsp3) is 0.370. The first-order chi connectivity index (χ1) is 15.9. The Labute approximate surface area is 198 Å². The number of aromatic nitrogens is 2. The minimum absolute atomic E-state index is 0.164. The van der Waals surface area contributed by atoms with Gasteiger partial charge in [0.15, 0.2) is 0 Å². The molecule has 0 bridgehead atoms. The lowest BCUT2D eigenvalue weighted by atomic mass is 9.77. The van der Waals surface area contributed by atoms with E-state index in [0.717, 1.165) is 41.6 Å². The van der Waals surface area contributed by atoms with E-state index >= 15 is 0 Å². The zero-order valence-corrected chi connectivity index (χ0v) is 19.8. The number of nitriles is 1. The average molecular weight is 462 g/mol. The fourth-order valence-corrected chi connectivity index (χ4v) is 5.12. The van der Waals surface area contributed by atoms with E-state index < -0.39 is 0 Å². The van der Waals surface area contributed by atoms with E-state index in [1.54, 1.807) is 16.7 Å². The molecule has 1 aliphatic rings. The summed E-state index contributed by atoms with van der Waals surface area (Å²) in [6, 6.07) is 17.2. The molecule has 4 rings (SSSR count). The molecule has 1 aliphatic carbocycles. The van der Waals surface area contributed by atoms with Crippen molar-refractivity contribution in [3.63, 3.8) is 0 Å². The first kappa shape index (κ1) is 23.1. The van der Waals surface area contributed by atoms with Crippen molar-refractivity contribution in [3.05, 3.63) is 102 Å². The lowest BCUT2D eigenvalue weighted by molar-refractivity contribution is 0.305. The molecule has 33 heavy (non-hydrogen) atoms. The maximum absolute atomic E-state index is 13.3. The molecule has 2 aromatic carbocycles. The van der Waals surface area contributed by atoms with Crippen LogP contribution >= 0.6 is 11.6 Å². The van der Waals surface area contributed by atoms with Crippen LogP contribution in [0.25, 0.3) is 0 Å². The maximum atomic E-state index is 13.3. The maximum Gasteiger partial charge on any atom is 0.331 e. The molecular weight excluding hydrogens is 434 g/mol. The molecule has 1 aromatic heterocycles. The first-order valence-electron chi connectivity index (χ1n) is 11.5. The summed E-state index contributed by atoms with van der Waals surface area (Å²) in [6.07, 6.45) is 3.21. The van der Waals surface area contributed by atoms with Crippen molar-refractivity contribution < 1.29 is 0 Å². The van der Waals surface area contributed by atoms with Crippen LogP contribution < -0.4 is 11.2 Å². The number of fused-ring (bicyclic) bond motifs is 1. The highest BCUT2D eigenvalue weighted by atomic mass is 35.5. The molecule has 0 amide bonds. The Morgan fingerprint density at radius 3 is 2.58 bits per heavy atom. The van der Waals surface area contributed by atoms with Gasteiger partial charge in [-0.15, -0.1) is 0 Å². The smallest absolute Gasteiger partial charge is 0.298 e. The van der Waals surface area contributed by atoms with E-state index in [1.165, 1.54) is 4.57 Å². The second kappa shape index (κ2) is 9.80. The second-order valence-electron chi connectivity index (χ2n) is 8.97. The van der Waals surface area contributed by atoms with Crippen molar-refractivity contribution in [2.75, 3.05) is 0 Å². The molecule has 1 heterocycles. The zero-order chi connectivity index (χ0) is 23.5. The molecule has 170 valence electrons. The Hall–Kier alpha value is -3.10. The van der Waals surface area contributed by atoms with Crippen LogP contribution in [0.2, 0.25) is 5.02 Å². The molecule has 3 aromatic rings. The van der Waals surface area contributed by atoms with Crippen molar-refractivity contribution in [1.29, 1.82) is 5.26 Å². The lowest BCUT2D eigenvalue weighted by Gasteiger charge is -2.31. The van der Waals surface area contributed by atoms with Crippen LogP contribution in [0, 0.1) is 23.2 Å². The predicted molar refractivity (Wildman–Crippen MR) is 131 cm³/mol. The summed E-state index contributed by atoms with van der Waals surface area (Å²) < 4.78 is 3.14. The van der Waals surface area contributed by atoms with Gasteiger partial charge in [-0.1, -0.05) is 42.8 Å². The van der Waals surface area contributed by atoms with E-state index in [2.05, 4.69) is 19.1 Å². The summed E-state index contributed by atoms with van der Waals surface area (Å²) >= 11 is 5.98. The highest BCUT2D eigenvalue weighted by Crippen LogP contribution is 2.30. The summed E-state index contributed by atoms with van der Waals surface area (Å²) in [7, 11) is 0. The van der Waals surface area contributed by atoms with Gasteiger partial charge in [0.1, 0.15) is 0 Å². The molecule has 0 saturated carbocycles. The third kappa shape index (κ3) is 4.82. The number of hydrogen-bond donors (Lipinski definition) is 0. The Kier molecular flexibility index (Phi) is 6.85. The largest absolute Gasteiger partial charge is 0.331 e. The van der Waals surface area contributed by atoms with Crippen LogP contribution in [-0.4, -0.2) is 9.13 Å². The van der Waals surface area contributed by atoms with Gasteiger partial charge < -0.3 is 0 Å². The van der Waals surface area contributed by atoms with Crippen molar-refractivity contribution in [2.45, 2.75) is 52.6 Å². The standard InChI is InChI=1S/C27H28ClN3O2/c1-3-30-25-15-22(18(2)13-20-5-4-6-21(14-20)16-29)9-12-24(25)26(32)31(27(30)33)17-19-7-10-23(28)11-8-19/h4-8,10-11,14,18,22H,3,9,12-13,15,17H2,1-2H3. The highest BCUT2D eigenvalue weighted by molar-refractivity contribution is 6.30. The molecule has 6 heteroatoms. The number of hydrogen-bond acceptors (Lipinski definition) is 3. The highest BCUT2D eigenvalue weighted by Gasteiger charge is 2.29.